The molecule has 3 aromatic rings. The van der Waals surface area contributed by atoms with E-state index in [-0.39, 0.29) is 11.3 Å². The molecule has 26 nitrogen and oxygen atoms in total. The lowest BCUT2D eigenvalue weighted by Gasteiger charge is -2.42. The highest BCUT2D eigenvalue weighted by Crippen LogP contribution is 2.41. The van der Waals surface area contributed by atoms with Crippen molar-refractivity contribution in [1.82, 2.24) is 0 Å². The normalized spacial score (nSPS) is 40.1. The summed E-state index contributed by atoms with van der Waals surface area (Å²) in [5.41, 5.74) is -1.95. The molecule has 0 unspecified atom stereocenters. The van der Waals surface area contributed by atoms with E-state index < -0.39 is 188 Å². The molecule has 0 amide bonds. The number of phenols is 2. The van der Waals surface area contributed by atoms with Crippen LogP contribution in [0.2, 0.25) is 0 Å². The molecule has 26 heteroatoms. The summed E-state index contributed by atoms with van der Waals surface area (Å²) in [6.45, 7) is -0.983. The van der Waals surface area contributed by atoms with Gasteiger partial charge in [-0.1, -0.05) is 0 Å². The monoisotopic (exact) mass is 934 g/mol. The van der Waals surface area contributed by atoms with Gasteiger partial charge in [0.15, 0.2) is 23.5 Å². The molecule has 0 spiro atoms. The number of aliphatic hydroxyl groups excluding tert-OH is 14. The molecule has 5 heterocycles. The van der Waals surface area contributed by atoms with Gasteiger partial charge in [0, 0.05) is 17.7 Å². The minimum atomic E-state index is -2.15. The lowest BCUT2D eigenvalue weighted by Crippen LogP contribution is -2.61. The summed E-state index contributed by atoms with van der Waals surface area (Å²) in [4.78, 5) is 14.5. The van der Waals surface area contributed by atoms with E-state index in [0.717, 1.165) is 30.3 Å². The molecule has 0 bridgehead atoms. The Morgan fingerprint density at radius 2 is 1.05 bits per heavy atom. The average molecular weight is 935 g/mol. The molecule has 4 saturated heterocycles. The highest BCUT2D eigenvalue weighted by Gasteiger charge is 2.49. The SMILES string of the molecule is C[C@@H]1O[C@@H](OC[C@H]2O[C@H](Oc3c(-c4ccc(O)c(O[C@H]5O[C@@H](CO)[C@H](O)[C@H](O)[C@@H]5O)c4)oc4cc(O[C@H]5O[C@@H](CO)[C@H](O)[C@H](O)[C@@H]5O)cc(O)c4c3=O)[C@H](O)[C@H](O)[C@@H]2O)[C@H](O)[C@@H](O)[C@H]1O. The van der Waals surface area contributed by atoms with E-state index in [2.05, 4.69) is 0 Å². The smallest absolute Gasteiger partial charge is 0.239 e. The van der Waals surface area contributed by atoms with Gasteiger partial charge in [-0.25, -0.2) is 0 Å². The summed E-state index contributed by atoms with van der Waals surface area (Å²) < 4.78 is 50.6. The van der Waals surface area contributed by atoms with Crippen molar-refractivity contribution in [2.75, 3.05) is 19.8 Å². The van der Waals surface area contributed by atoms with Crippen LogP contribution in [0.5, 0.6) is 28.7 Å². The van der Waals surface area contributed by atoms with Crippen molar-refractivity contribution in [1.29, 1.82) is 0 Å². The van der Waals surface area contributed by atoms with E-state index in [1.807, 2.05) is 0 Å². The topological polar surface area (TPSA) is 428 Å². The number of aliphatic hydroxyl groups is 14. The zero-order valence-electron chi connectivity index (χ0n) is 33.8. The zero-order valence-corrected chi connectivity index (χ0v) is 33.8. The van der Waals surface area contributed by atoms with E-state index in [1.54, 1.807) is 0 Å². The van der Waals surface area contributed by atoms with Crippen molar-refractivity contribution in [2.45, 2.75) is 130 Å². The molecule has 4 fully saturated rings. The standard InChI is InChI=1S/C39H50O26/c1-10-21(44)26(49)30(53)36(58-10)57-9-19-24(47)29(52)33(56)39(64-19)65-35-25(48)20-14(43)5-12(59-37-31(54)27(50)22(45)17(7-40)62-37)6-16(20)60-34(35)11-2-3-13(42)15(4-11)61-38-32(55)28(51)23(46)18(8-41)63-38/h2-6,10,17-19,21-24,26-33,36-47,49-56H,7-9H2,1H3/t10-,17-,18-,19+,21-,22-,23-,24+,26-,27-,28-,29+,30+,31-,32-,33+,36+,37-,38-,39+/m0/s1. The number of rotatable bonds is 12. The lowest BCUT2D eigenvalue weighted by atomic mass is 9.98. The molecule has 16 N–H and O–H groups in total. The van der Waals surface area contributed by atoms with Gasteiger partial charge in [0.05, 0.1) is 25.9 Å². The Balaban J connectivity index is 1.26. The highest BCUT2D eigenvalue weighted by atomic mass is 16.7. The molecule has 362 valence electrons. The fraction of sp³-hybridized carbons (Fsp3) is 0.615. The predicted molar refractivity (Wildman–Crippen MR) is 206 cm³/mol. The third-order valence-corrected chi connectivity index (χ3v) is 11.5. The Kier molecular flexibility index (Phi) is 14.7. The van der Waals surface area contributed by atoms with E-state index in [1.165, 1.54) is 6.92 Å². The summed E-state index contributed by atoms with van der Waals surface area (Å²) in [6.07, 6.45) is -35.0. The predicted octanol–water partition coefficient (Wildman–Crippen LogP) is -6.74. The second kappa shape index (κ2) is 19.6. The number of hydrogen-bond donors (Lipinski definition) is 16. The van der Waals surface area contributed by atoms with Crippen LogP contribution in [-0.2, 0) is 23.7 Å². The molecule has 20 atom stereocenters. The first-order valence-electron chi connectivity index (χ1n) is 20.0. The molecule has 4 aliphatic heterocycles. The summed E-state index contributed by atoms with van der Waals surface area (Å²) in [5.74, 6) is -3.93. The van der Waals surface area contributed by atoms with Gasteiger partial charge in [-0.05, 0) is 25.1 Å². The van der Waals surface area contributed by atoms with Crippen LogP contribution in [0.15, 0.2) is 39.5 Å². The van der Waals surface area contributed by atoms with Crippen LogP contribution in [-0.4, -0.2) is 224 Å². The first-order valence-corrected chi connectivity index (χ1v) is 20.0. The Labute approximate surface area is 364 Å². The lowest BCUT2D eigenvalue weighted by molar-refractivity contribution is -0.318. The van der Waals surface area contributed by atoms with Crippen LogP contribution in [0.1, 0.15) is 6.92 Å². The van der Waals surface area contributed by atoms with Crippen molar-refractivity contribution >= 4 is 11.0 Å². The third kappa shape index (κ3) is 9.43. The quantitative estimate of drug-likeness (QED) is 0.0802. The maximum atomic E-state index is 14.5. The number of fused-ring (bicyclic) bond motifs is 1. The maximum Gasteiger partial charge on any atom is 0.239 e. The molecular weight excluding hydrogens is 884 g/mol. The van der Waals surface area contributed by atoms with Crippen LogP contribution in [0.4, 0.5) is 0 Å². The van der Waals surface area contributed by atoms with Crippen molar-refractivity contribution in [2.24, 2.45) is 0 Å². The van der Waals surface area contributed by atoms with Gasteiger partial charge in [0.25, 0.3) is 0 Å². The minimum absolute atomic E-state index is 0.236. The van der Waals surface area contributed by atoms with E-state index in [4.69, 9.17) is 42.3 Å². The average Bonchev–Trinajstić information content (AvgIpc) is 3.28. The first kappa shape index (κ1) is 48.8. The number of benzene rings is 2. The van der Waals surface area contributed by atoms with E-state index in [9.17, 15) is 86.5 Å². The minimum Gasteiger partial charge on any atom is -0.507 e. The van der Waals surface area contributed by atoms with Crippen molar-refractivity contribution in [3.63, 3.8) is 0 Å². The van der Waals surface area contributed by atoms with Crippen LogP contribution in [0.25, 0.3) is 22.3 Å². The van der Waals surface area contributed by atoms with Gasteiger partial charge < -0.3 is 124 Å². The van der Waals surface area contributed by atoms with Crippen molar-refractivity contribution < 1.29 is 124 Å². The molecule has 0 saturated carbocycles. The van der Waals surface area contributed by atoms with Crippen LogP contribution < -0.4 is 19.6 Å². The Bertz CT molecular complexity index is 2170. The Morgan fingerprint density at radius 3 is 1.63 bits per heavy atom. The first-order chi connectivity index (χ1) is 30.7. The number of phenolic OH excluding ortho intramolecular Hbond substituents is 2. The molecule has 65 heavy (non-hydrogen) atoms. The Hall–Kier alpha value is -4.11. The van der Waals surface area contributed by atoms with Crippen LogP contribution in [0, 0.1) is 0 Å². The third-order valence-electron chi connectivity index (χ3n) is 11.5. The summed E-state index contributed by atoms with van der Waals surface area (Å²) in [5, 5.41) is 166. The van der Waals surface area contributed by atoms with Gasteiger partial charge in [-0.2, -0.15) is 0 Å². The van der Waals surface area contributed by atoms with Gasteiger partial charge in [0.1, 0.15) is 114 Å². The molecule has 0 radical (unpaired) electrons. The van der Waals surface area contributed by atoms with Gasteiger partial charge in [-0.15, -0.1) is 0 Å². The van der Waals surface area contributed by atoms with Crippen molar-refractivity contribution in [3.05, 3.63) is 40.6 Å². The fourth-order valence-electron chi connectivity index (χ4n) is 7.57. The number of aromatic hydroxyl groups is 2. The largest absolute Gasteiger partial charge is 0.507 e. The summed E-state index contributed by atoms with van der Waals surface area (Å²) >= 11 is 0. The fourth-order valence-corrected chi connectivity index (χ4v) is 7.57. The second-order valence-electron chi connectivity index (χ2n) is 15.9. The van der Waals surface area contributed by atoms with Gasteiger partial charge in [0.2, 0.25) is 30.0 Å². The molecule has 0 aliphatic carbocycles. The van der Waals surface area contributed by atoms with Crippen molar-refractivity contribution in [3.8, 4) is 40.1 Å². The zero-order chi connectivity index (χ0) is 47.3. The van der Waals surface area contributed by atoms with E-state index in [0.29, 0.717) is 0 Å². The number of ether oxygens (including phenoxy) is 8. The molecular formula is C39H50O26. The summed E-state index contributed by atoms with van der Waals surface area (Å²) in [6, 6.07) is 4.99. The van der Waals surface area contributed by atoms with Crippen LogP contribution >= 0.6 is 0 Å². The number of hydrogen-bond acceptors (Lipinski definition) is 26. The highest BCUT2D eigenvalue weighted by molar-refractivity contribution is 5.88. The Morgan fingerprint density at radius 1 is 0.538 bits per heavy atom. The van der Waals surface area contributed by atoms with E-state index >= 15 is 0 Å². The molecule has 2 aromatic carbocycles. The molecule has 4 aliphatic rings. The second-order valence-corrected chi connectivity index (χ2v) is 15.9. The maximum absolute atomic E-state index is 14.5. The summed E-state index contributed by atoms with van der Waals surface area (Å²) in [7, 11) is 0. The van der Waals surface area contributed by atoms with Crippen LogP contribution in [0.3, 0.4) is 0 Å². The molecule has 7 rings (SSSR count). The van der Waals surface area contributed by atoms with Gasteiger partial charge in [-0.3, -0.25) is 4.79 Å². The van der Waals surface area contributed by atoms with Gasteiger partial charge >= 0.3 is 0 Å². The molecule has 1 aromatic heterocycles.